The van der Waals surface area contributed by atoms with Crippen LogP contribution >= 0.6 is 23.4 Å². The van der Waals surface area contributed by atoms with Crippen LogP contribution in [0.2, 0.25) is 5.02 Å². The zero-order valence-electron chi connectivity index (χ0n) is 24.2. The van der Waals surface area contributed by atoms with Gasteiger partial charge in [-0.15, -0.1) is 10.2 Å². The van der Waals surface area contributed by atoms with Crippen molar-refractivity contribution >= 4 is 52.8 Å². The predicted octanol–water partition coefficient (Wildman–Crippen LogP) is 4.28. The molecule has 14 heteroatoms. The Kier molecular flexibility index (Phi) is 8.90. The molecule has 0 atom stereocenters. The first kappa shape index (κ1) is 31.0. The second kappa shape index (κ2) is 12.6. The van der Waals surface area contributed by atoms with Gasteiger partial charge in [0.25, 0.3) is 11.5 Å². The van der Waals surface area contributed by atoms with E-state index >= 15 is 0 Å². The Labute approximate surface area is 263 Å². The molecular weight excluding hydrogens is 602 g/mol. The van der Waals surface area contributed by atoms with Crippen LogP contribution in [0, 0.1) is 12.3 Å². The summed E-state index contributed by atoms with van der Waals surface area (Å²) in [5.41, 5.74) is 12.2. The first-order valence-electron chi connectivity index (χ1n) is 13.8. The average molecular weight is 634 g/mol. The maximum atomic E-state index is 13.4. The number of aromatic nitrogens is 5. The molecule has 1 aliphatic rings. The topological polar surface area (TPSA) is 178 Å². The van der Waals surface area contributed by atoms with Gasteiger partial charge >= 0.3 is 0 Å². The number of para-hydroxylation sites is 1. The standard InChI is InChI=1S/C30H32ClN9O3S/c1-4-18-8-5-6-10-20(18)40-17(2)34-25(41)22(28(40)43)26(42)35-19-9-7-11-21(23(19)31)44-27-24(33)36-29(38-37-27)39-14-12-30(3,16-32)13-15-39/h4-11,43H,1,12-16,32H2,2-3H3,(H,35,42)(H2,33,36,38). The van der Waals surface area contributed by atoms with Crippen LogP contribution in [0.1, 0.15) is 41.5 Å². The van der Waals surface area contributed by atoms with Crippen molar-refractivity contribution in [1.82, 2.24) is 24.7 Å². The van der Waals surface area contributed by atoms with Crippen molar-refractivity contribution in [3.8, 4) is 11.6 Å². The normalized spacial score (nSPS) is 14.3. The molecule has 0 aliphatic carbocycles. The highest BCUT2D eigenvalue weighted by Crippen LogP contribution is 2.39. The van der Waals surface area contributed by atoms with Gasteiger partial charge in [0.15, 0.2) is 16.4 Å². The van der Waals surface area contributed by atoms with E-state index in [1.54, 1.807) is 55.5 Å². The number of nitrogen functional groups attached to an aromatic ring is 1. The Morgan fingerprint density at radius 3 is 2.59 bits per heavy atom. The molecule has 0 spiro atoms. The summed E-state index contributed by atoms with van der Waals surface area (Å²) in [5.74, 6) is -0.611. The van der Waals surface area contributed by atoms with E-state index < -0.39 is 22.9 Å². The molecule has 228 valence electrons. The highest BCUT2D eigenvalue weighted by atomic mass is 35.5. The molecule has 3 heterocycles. The number of piperidine rings is 1. The molecule has 0 saturated carbocycles. The van der Waals surface area contributed by atoms with Gasteiger partial charge < -0.3 is 26.8 Å². The number of rotatable bonds is 8. The summed E-state index contributed by atoms with van der Waals surface area (Å²) in [6.45, 7) is 9.67. The fourth-order valence-corrected chi connectivity index (χ4v) is 5.99. The van der Waals surface area contributed by atoms with Crippen molar-refractivity contribution in [2.45, 2.75) is 36.6 Å². The Hall–Kier alpha value is -4.46. The SMILES string of the molecule is C=Cc1ccccc1-n1c(C)nc(=O)c(C(=O)Nc2cccc(Sc3nnc(N4CCC(C)(CN)CC4)nc3N)c2Cl)c1O. The second-order valence-corrected chi connectivity index (χ2v) is 12.1. The lowest BCUT2D eigenvalue weighted by atomic mass is 9.81. The van der Waals surface area contributed by atoms with Gasteiger partial charge in [-0.2, -0.15) is 9.97 Å². The minimum absolute atomic E-state index is 0.102. The van der Waals surface area contributed by atoms with Crippen LogP contribution in [-0.4, -0.2) is 55.4 Å². The molecule has 0 radical (unpaired) electrons. The lowest BCUT2D eigenvalue weighted by Gasteiger charge is -2.38. The molecule has 12 nitrogen and oxygen atoms in total. The molecular formula is C30H32ClN9O3S. The molecule has 4 aromatic rings. The third-order valence-corrected chi connectivity index (χ3v) is 9.26. The fourth-order valence-electron chi connectivity index (χ4n) is 4.92. The number of halogens is 1. The summed E-state index contributed by atoms with van der Waals surface area (Å²) in [7, 11) is 0. The number of aryl methyl sites for hydroxylation is 1. The molecule has 1 amide bonds. The van der Waals surface area contributed by atoms with Crippen LogP contribution in [0.4, 0.5) is 17.5 Å². The van der Waals surface area contributed by atoms with Crippen LogP contribution in [0.3, 0.4) is 0 Å². The Bertz CT molecular complexity index is 1810. The van der Waals surface area contributed by atoms with Gasteiger partial charge in [-0.1, -0.05) is 67.2 Å². The van der Waals surface area contributed by atoms with Crippen molar-refractivity contribution < 1.29 is 9.90 Å². The summed E-state index contributed by atoms with van der Waals surface area (Å²) >= 11 is 7.80. The van der Waals surface area contributed by atoms with Crippen molar-refractivity contribution in [2.24, 2.45) is 11.1 Å². The number of nitrogens with zero attached hydrogens (tertiary/aromatic N) is 6. The summed E-state index contributed by atoms with van der Waals surface area (Å²) in [6, 6.07) is 12.0. The number of amides is 1. The number of hydrogen-bond donors (Lipinski definition) is 4. The Morgan fingerprint density at radius 2 is 1.91 bits per heavy atom. The smallest absolute Gasteiger partial charge is 0.289 e. The maximum Gasteiger partial charge on any atom is 0.289 e. The molecule has 1 aliphatic heterocycles. The van der Waals surface area contributed by atoms with Crippen molar-refractivity contribution in [1.29, 1.82) is 0 Å². The predicted molar refractivity (Wildman–Crippen MR) is 173 cm³/mol. The quantitative estimate of drug-likeness (QED) is 0.218. The summed E-state index contributed by atoms with van der Waals surface area (Å²) in [5, 5.41) is 22.8. The van der Waals surface area contributed by atoms with E-state index in [1.165, 1.54) is 4.57 Å². The number of nitrogens with two attached hydrogens (primary N) is 2. The van der Waals surface area contributed by atoms with E-state index in [0.29, 0.717) is 33.7 Å². The zero-order valence-corrected chi connectivity index (χ0v) is 25.8. The number of aromatic hydroxyl groups is 1. The molecule has 2 aromatic carbocycles. The van der Waals surface area contributed by atoms with Gasteiger partial charge in [-0.25, -0.2) is 0 Å². The van der Waals surface area contributed by atoms with E-state index in [1.807, 2.05) is 4.90 Å². The van der Waals surface area contributed by atoms with E-state index in [9.17, 15) is 14.7 Å². The van der Waals surface area contributed by atoms with E-state index in [-0.39, 0.29) is 27.8 Å². The monoisotopic (exact) mass is 633 g/mol. The minimum Gasteiger partial charge on any atom is -0.493 e. The molecule has 2 aromatic heterocycles. The van der Waals surface area contributed by atoms with Crippen LogP contribution in [0.5, 0.6) is 5.88 Å². The number of nitrogens with one attached hydrogen (secondary N) is 1. The first-order valence-corrected chi connectivity index (χ1v) is 15.0. The molecule has 1 saturated heterocycles. The number of carbonyl (C=O) groups is 1. The highest BCUT2D eigenvalue weighted by molar-refractivity contribution is 7.99. The Balaban J connectivity index is 1.37. The maximum absolute atomic E-state index is 13.4. The van der Waals surface area contributed by atoms with Gasteiger partial charge in [-0.05, 0) is 55.5 Å². The van der Waals surface area contributed by atoms with Crippen LogP contribution in [-0.2, 0) is 0 Å². The average Bonchev–Trinajstić information content (AvgIpc) is 3.00. The van der Waals surface area contributed by atoms with Crippen LogP contribution < -0.4 is 27.2 Å². The minimum atomic E-state index is -0.887. The number of hydrogen-bond acceptors (Lipinski definition) is 11. The molecule has 1 fully saturated rings. The fraction of sp³-hybridized carbons (Fsp3) is 0.267. The molecule has 5 rings (SSSR count). The largest absolute Gasteiger partial charge is 0.493 e. The molecule has 0 unspecified atom stereocenters. The van der Waals surface area contributed by atoms with Gasteiger partial charge in [0.1, 0.15) is 5.82 Å². The lowest BCUT2D eigenvalue weighted by molar-refractivity contribution is 0.102. The second-order valence-electron chi connectivity index (χ2n) is 10.7. The van der Waals surface area contributed by atoms with E-state index in [4.69, 9.17) is 23.1 Å². The number of carbonyl (C=O) groups excluding carboxylic acids is 1. The number of anilines is 3. The van der Waals surface area contributed by atoms with Gasteiger partial charge in [0.05, 0.1) is 16.4 Å². The lowest BCUT2D eigenvalue weighted by Crippen LogP contribution is -2.43. The van der Waals surface area contributed by atoms with Crippen LogP contribution in [0.25, 0.3) is 11.8 Å². The number of benzene rings is 2. The first-order chi connectivity index (χ1) is 21.0. The zero-order chi connectivity index (χ0) is 31.6. The third-order valence-electron chi connectivity index (χ3n) is 7.70. The van der Waals surface area contributed by atoms with E-state index in [0.717, 1.165) is 37.7 Å². The van der Waals surface area contributed by atoms with Crippen molar-refractivity contribution in [2.75, 3.05) is 35.6 Å². The molecule has 44 heavy (non-hydrogen) atoms. The third kappa shape index (κ3) is 6.11. The summed E-state index contributed by atoms with van der Waals surface area (Å²) in [4.78, 5) is 37.2. The highest BCUT2D eigenvalue weighted by Gasteiger charge is 2.30. The summed E-state index contributed by atoms with van der Waals surface area (Å²) < 4.78 is 1.32. The van der Waals surface area contributed by atoms with Crippen molar-refractivity contribution in [3.63, 3.8) is 0 Å². The van der Waals surface area contributed by atoms with E-state index in [2.05, 4.69) is 39.0 Å². The van der Waals surface area contributed by atoms with Crippen molar-refractivity contribution in [3.05, 3.63) is 81.4 Å². The van der Waals surface area contributed by atoms with Crippen LogP contribution in [0.15, 0.2) is 63.8 Å². The molecule has 6 N–H and O–H groups in total. The van der Waals surface area contributed by atoms with Gasteiger partial charge in [0, 0.05) is 18.0 Å². The van der Waals surface area contributed by atoms with Gasteiger partial charge in [-0.3, -0.25) is 14.2 Å². The Morgan fingerprint density at radius 1 is 1.18 bits per heavy atom. The molecule has 0 bridgehead atoms. The summed E-state index contributed by atoms with van der Waals surface area (Å²) in [6.07, 6.45) is 3.44. The van der Waals surface area contributed by atoms with Gasteiger partial charge in [0.2, 0.25) is 11.8 Å².